The largest absolute Gasteiger partial charge is 0.490 e. The lowest BCUT2D eigenvalue weighted by Crippen LogP contribution is -2.17. The fraction of sp³-hybridized carbons (Fsp3) is 0.280. The van der Waals surface area contributed by atoms with Crippen molar-refractivity contribution >= 4 is 15.9 Å². The number of benzene rings is 3. The fourth-order valence-corrected chi connectivity index (χ4v) is 3.77. The van der Waals surface area contributed by atoms with Gasteiger partial charge in [0.15, 0.2) is 11.5 Å². The molecule has 0 spiro atoms. The Morgan fingerprint density at radius 2 is 1.73 bits per heavy atom. The number of hydrogen-bond donors (Lipinski definition) is 1. The second kappa shape index (κ2) is 11.1. The SMILES string of the molecule is CCOc1cc(CNCCc2ccc(F)cc2)cc(Br)c1OCc1ccccc1C. The first-order chi connectivity index (χ1) is 14.6. The topological polar surface area (TPSA) is 30.5 Å². The molecule has 0 bridgehead atoms. The Morgan fingerprint density at radius 3 is 2.47 bits per heavy atom. The van der Waals surface area contributed by atoms with Gasteiger partial charge in [-0.1, -0.05) is 36.4 Å². The Morgan fingerprint density at radius 1 is 0.967 bits per heavy atom. The highest BCUT2D eigenvalue weighted by molar-refractivity contribution is 9.10. The predicted molar refractivity (Wildman–Crippen MR) is 123 cm³/mol. The van der Waals surface area contributed by atoms with Gasteiger partial charge in [-0.3, -0.25) is 0 Å². The van der Waals surface area contributed by atoms with Crippen LogP contribution in [0.5, 0.6) is 11.5 Å². The van der Waals surface area contributed by atoms with Gasteiger partial charge in [0.25, 0.3) is 0 Å². The van der Waals surface area contributed by atoms with Crippen LogP contribution in [0.4, 0.5) is 4.39 Å². The smallest absolute Gasteiger partial charge is 0.175 e. The van der Waals surface area contributed by atoms with E-state index in [0.29, 0.717) is 19.8 Å². The van der Waals surface area contributed by atoms with Gasteiger partial charge in [0.1, 0.15) is 12.4 Å². The molecule has 0 aliphatic rings. The van der Waals surface area contributed by atoms with Gasteiger partial charge in [-0.2, -0.15) is 0 Å². The summed E-state index contributed by atoms with van der Waals surface area (Å²) in [5, 5.41) is 3.44. The third kappa shape index (κ3) is 6.31. The van der Waals surface area contributed by atoms with Crippen molar-refractivity contribution in [3.05, 3.63) is 93.2 Å². The van der Waals surface area contributed by atoms with Crippen LogP contribution >= 0.6 is 15.9 Å². The Labute approximate surface area is 186 Å². The lowest BCUT2D eigenvalue weighted by Gasteiger charge is -2.16. The second-order valence-electron chi connectivity index (χ2n) is 7.11. The van der Waals surface area contributed by atoms with Crippen molar-refractivity contribution in [2.75, 3.05) is 13.2 Å². The number of hydrogen-bond acceptors (Lipinski definition) is 3. The lowest BCUT2D eigenvalue weighted by molar-refractivity contribution is 0.267. The highest BCUT2D eigenvalue weighted by atomic mass is 79.9. The number of halogens is 2. The zero-order valence-electron chi connectivity index (χ0n) is 17.4. The fourth-order valence-electron chi connectivity index (χ4n) is 3.16. The standard InChI is InChI=1S/C25H27BrFNO2/c1-3-29-24-15-20(16-28-13-12-19-8-10-22(27)11-9-19)14-23(26)25(24)30-17-21-7-5-4-6-18(21)2/h4-11,14-15,28H,3,12-13,16-17H2,1-2H3. The summed E-state index contributed by atoms with van der Waals surface area (Å²) < 4.78 is 25.8. The number of rotatable bonds is 10. The molecule has 3 nitrogen and oxygen atoms in total. The van der Waals surface area contributed by atoms with Crippen LogP contribution in [-0.4, -0.2) is 13.2 Å². The third-order valence-corrected chi connectivity index (χ3v) is 5.42. The highest BCUT2D eigenvalue weighted by Crippen LogP contribution is 2.37. The molecule has 3 rings (SSSR count). The second-order valence-corrected chi connectivity index (χ2v) is 7.96. The summed E-state index contributed by atoms with van der Waals surface area (Å²) in [6.07, 6.45) is 0.845. The maximum Gasteiger partial charge on any atom is 0.175 e. The number of aryl methyl sites for hydroxylation is 1. The van der Waals surface area contributed by atoms with E-state index < -0.39 is 0 Å². The van der Waals surface area contributed by atoms with Crippen molar-refractivity contribution in [1.29, 1.82) is 0 Å². The molecule has 0 fully saturated rings. The molecule has 0 heterocycles. The summed E-state index contributed by atoms with van der Waals surface area (Å²) in [7, 11) is 0. The lowest BCUT2D eigenvalue weighted by atomic mass is 10.1. The van der Waals surface area contributed by atoms with Crippen LogP contribution in [0.1, 0.15) is 29.2 Å². The zero-order valence-corrected chi connectivity index (χ0v) is 19.0. The van der Waals surface area contributed by atoms with E-state index in [-0.39, 0.29) is 5.82 Å². The van der Waals surface area contributed by atoms with E-state index in [4.69, 9.17) is 9.47 Å². The Kier molecular flexibility index (Phi) is 8.29. The molecule has 1 N–H and O–H groups in total. The molecule has 30 heavy (non-hydrogen) atoms. The van der Waals surface area contributed by atoms with Crippen molar-refractivity contribution in [2.24, 2.45) is 0 Å². The van der Waals surface area contributed by atoms with Crippen molar-refractivity contribution in [3.63, 3.8) is 0 Å². The monoisotopic (exact) mass is 471 g/mol. The van der Waals surface area contributed by atoms with Gasteiger partial charge < -0.3 is 14.8 Å². The van der Waals surface area contributed by atoms with E-state index in [2.05, 4.69) is 46.4 Å². The molecule has 3 aromatic rings. The van der Waals surface area contributed by atoms with Gasteiger partial charge in [-0.05, 0) is 89.3 Å². The van der Waals surface area contributed by atoms with E-state index in [9.17, 15) is 4.39 Å². The Bertz CT molecular complexity index is 960. The van der Waals surface area contributed by atoms with Crippen molar-refractivity contribution in [2.45, 2.75) is 33.4 Å². The van der Waals surface area contributed by atoms with Gasteiger partial charge in [0, 0.05) is 6.54 Å². The first-order valence-corrected chi connectivity index (χ1v) is 10.9. The van der Waals surface area contributed by atoms with Crippen LogP contribution in [0.25, 0.3) is 0 Å². The molecule has 0 unspecified atom stereocenters. The van der Waals surface area contributed by atoms with Gasteiger partial charge in [-0.15, -0.1) is 0 Å². The summed E-state index contributed by atoms with van der Waals surface area (Å²) >= 11 is 3.64. The summed E-state index contributed by atoms with van der Waals surface area (Å²) in [6, 6.07) is 18.9. The van der Waals surface area contributed by atoms with Gasteiger partial charge in [0.2, 0.25) is 0 Å². The van der Waals surface area contributed by atoms with Crippen LogP contribution in [0, 0.1) is 12.7 Å². The molecule has 5 heteroatoms. The molecule has 0 saturated heterocycles. The zero-order chi connectivity index (χ0) is 21.3. The molecule has 0 aromatic heterocycles. The minimum atomic E-state index is -0.204. The van der Waals surface area contributed by atoms with Gasteiger partial charge in [0.05, 0.1) is 11.1 Å². The number of ether oxygens (including phenoxy) is 2. The number of nitrogens with one attached hydrogen (secondary N) is 1. The van der Waals surface area contributed by atoms with Crippen LogP contribution in [0.15, 0.2) is 65.1 Å². The van der Waals surface area contributed by atoms with Crippen LogP contribution in [0.3, 0.4) is 0 Å². The average molecular weight is 472 g/mol. The normalized spacial score (nSPS) is 10.8. The molecule has 158 valence electrons. The predicted octanol–water partition coefficient (Wildman–Crippen LogP) is 6.21. The average Bonchev–Trinajstić information content (AvgIpc) is 2.73. The van der Waals surface area contributed by atoms with Gasteiger partial charge in [-0.25, -0.2) is 4.39 Å². The summed E-state index contributed by atoms with van der Waals surface area (Å²) in [5.41, 5.74) is 4.57. The third-order valence-electron chi connectivity index (χ3n) is 4.84. The maximum absolute atomic E-state index is 13.0. The van der Waals surface area contributed by atoms with Crippen molar-refractivity contribution in [3.8, 4) is 11.5 Å². The van der Waals surface area contributed by atoms with E-state index in [0.717, 1.165) is 45.6 Å². The molecule has 0 saturated carbocycles. The minimum absolute atomic E-state index is 0.204. The molecule has 0 radical (unpaired) electrons. The minimum Gasteiger partial charge on any atom is -0.490 e. The molecular weight excluding hydrogens is 445 g/mol. The van der Waals surface area contributed by atoms with E-state index in [1.165, 1.54) is 17.7 Å². The van der Waals surface area contributed by atoms with Crippen molar-refractivity contribution < 1.29 is 13.9 Å². The molecule has 0 aliphatic carbocycles. The van der Waals surface area contributed by atoms with Crippen molar-refractivity contribution in [1.82, 2.24) is 5.32 Å². The molecule has 0 atom stereocenters. The van der Waals surface area contributed by atoms with Gasteiger partial charge >= 0.3 is 0 Å². The quantitative estimate of drug-likeness (QED) is 0.356. The summed E-state index contributed by atoms with van der Waals surface area (Å²) in [5.74, 6) is 1.25. The van der Waals surface area contributed by atoms with E-state index in [1.54, 1.807) is 0 Å². The Hall–Kier alpha value is -2.37. The molecule has 0 amide bonds. The van der Waals surface area contributed by atoms with E-state index >= 15 is 0 Å². The Balaban J connectivity index is 1.61. The molecular formula is C25H27BrFNO2. The van der Waals surface area contributed by atoms with E-state index in [1.807, 2.05) is 37.3 Å². The summed E-state index contributed by atoms with van der Waals surface area (Å²) in [4.78, 5) is 0. The van der Waals surface area contributed by atoms with Crippen LogP contribution in [-0.2, 0) is 19.6 Å². The molecule has 0 aliphatic heterocycles. The first-order valence-electron chi connectivity index (χ1n) is 10.1. The van der Waals surface area contributed by atoms with Crippen LogP contribution < -0.4 is 14.8 Å². The first kappa shape index (κ1) is 22.3. The summed E-state index contributed by atoms with van der Waals surface area (Å²) in [6.45, 7) is 6.61. The maximum atomic E-state index is 13.0. The highest BCUT2D eigenvalue weighted by Gasteiger charge is 2.13. The van der Waals surface area contributed by atoms with Crippen LogP contribution in [0.2, 0.25) is 0 Å². The molecule has 3 aromatic carbocycles.